The molecule has 1 unspecified atom stereocenters. The minimum Gasteiger partial charge on any atom is -0.458 e. The van der Waals surface area contributed by atoms with Crippen molar-refractivity contribution >= 4 is 34.9 Å². The molecule has 0 spiro atoms. The predicted molar refractivity (Wildman–Crippen MR) is 114 cm³/mol. The van der Waals surface area contributed by atoms with E-state index in [1.807, 2.05) is 30.3 Å². The number of aryl methyl sites for hydroxylation is 1. The van der Waals surface area contributed by atoms with Crippen molar-refractivity contribution in [2.45, 2.75) is 25.5 Å². The number of aromatic nitrogens is 2. The molecule has 0 aliphatic carbocycles. The van der Waals surface area contributed by atoms with E-state index in [4.69, 9.17) is 4.74 Å². The molecule has 2 heterocycles. The van der Waals surface area contributed by atoms with Gasteiger partial charge in [0.15, 0.2) is 0 Å². The third-order valence-electron chi connectivity index (χ3n) is 5.28. The van der Waals surface area contributed by atoms with Gasteiger partial charge in [-0.15, -0.1) is 0 Å². The fourth-order valence-electron chi connectivity index (χ4n) is 3.77. The van der Waals surface area contributed by atoms with E-state index in [-0.39, 0.29) is 31.0 Å². The maximum Gasteiger partial charge on any atom is 0.331 e. The second-order valence-electron chi connectivity index (χ2n) is 7.32. The highest BCUT2D eigenvalue weighted by Crippen LogP contribution is 2.25. The molecule has 8 nitrogen and oxygen atoms in total. The van der Waals surface area contributed by atoms with E-state index in [0.717, 1.165) is 5.56 Å². The first-order valence-corrected chi connectivity index (χ1v) is 9.88. The number of fused-ring (bicyclic) bond motifs is 1. The van der Waals surface area contributed by atoms with Gasteiger partial charge >= 0.3 is 11.7 Å². The van der Waals surface area contributed by atoms with Crippen LogP contribution in [0.1, 0.15) is 30.0 Å². The summed E-state index contributed by atoms with van der Waals surface area (Å²) in [7, 11) is 1.61. The molecule has 0 saturated carbocycles. The lowest BCUT2D eigenvalue weighted by Gasteiger charge is -2.21. The maximum atomic E-state index is 12.9. The number of amides is 2. The Balaban J connectivity index is 1.62. The number of para-hydroxylation sites is 1. The van der Waals surface area contributed by atoms with Gasteiger partial charge in [0.25, 0.3) is 0 Å². The van der Waals surface area contributed by atoms with Gasteiger partial charge in [-0.3, -0.25) is 24.0 Å². The summed E-state index contributed by atoms with van der Waals surface area (Å²) >= 11 is 0. The number of rotatable bonds is 5. The normalized spacial score (nSPS) is 16.6. The number of piperidine rings is 1. The number of imide groups is 1. The van der Waals surface area contributed by atoms with Crippen molar-refractivity contribution in [3.63, 3.8) is 0 Å². The van der Waals surface area contributed by atoms with E-state index in [0.29, 0.717) is 16.6 Å². The number of hydrogen-bond acceptors (Lipinski definition) is 5. The minimum atomic E-state index is -0.760. The van der Waals surface area contributed by atoms with Gasteiger partial charge in [0.1, 0.15) is 12.6 Å². The third kappa shape index (κ3) is 4.05. The first kappa shape index (κ1) is 20.3. The highest BCUT2D eigenvalue weighted by molar-refractivity contribution is 6.00. The topological polar surface area (TPSA) is 99.4 Å². The van der Waals surface area contributed by atoms with Crippen LogP contribution in [-0.4, -0.2) is 26.9 Å². The molecule has 1 atom stereocenters. The van der Waals surface area contributed by atoms with Gasteiger partial charge in [0.05, 0.1) is 11.0 Å². The average molecular weight is 419 g/mol. The number of nitrogens with one attached hydrogen (secondary N) is 1. The minimum absolute atomic E-state index is 0.165. The molecular weight excluding hydrogens is 398 g/mol. The van der Waals surface area contributed by atoms with Crippen molar-refractivity contribution in [2.24, 2.45) is 7.05 Å². The van der Waals surface area contributed by atoms with Crippen molar-refractivity contribution in [1.29, 1.82) is 0 Å². The summed E-state index contributed by atoms with van der Waals surface area (Å²) in [4.78, 5) is 48.8. The van der Waals surface area contributed by atoms with Crippen LogP contribution in [0.5, 0.6) is 0 Å². The van der Waals surface area contributed by atoms with Gasteiger partial charge in [0.2, 0.25) is 11.8 Å². The number of imidazole rings is 1. The number of carbonyl (C=O) groups is 3. The van der Waals surface area contributed by atoms with E-state index < -0.39 is 17.9 Å². The Kier molecular flexibility index (Phi) is 5.53. The molecule has 31 heavy (non-hydrogen) atoms. The van der Waals surface area contributed by atoms with E-state index in [2.05, 4.69) is 5.32 Å². The van der Waals surface area contributed by atoms with Crippen LogP contribution in [0, 0.1) is 0 Å². The zero-order valence-corrected chi connectivity index (χ0v) is 16.9. The van der Waals surface area contributed by atoms with E-state index in [9.17, 15) is 19.2 Å². The lowest BCUT2D eigenvalue weighted by molar-refractivity contribution is -0.139. The Bertz CT molecular complexity index is 1250. The summed E-state index contributed by atoms with van der Waals surface area (Å²) in [5, 5.41) is 2.29. The van der Waals surface area contributed by atoms with Crippen LogP contribution in [0.2, 0.25) is 0 Å². The zero-order chi connectivity index (χ0) is 22.0. The molecule has 158 valence electrons. The van der Waals surface area contributed by atoms with Gasteiger partial charge in [-0.05, 0) is 24.1 Å². The van der Waals surface area contributed by atoms with Crippen LogP contribution in [-0.2, 0) is 32.8 Å². The van der Waals surface area contributed by atoms with Crippen LogP contribution < -0.4 is 11.0 Å². The van der Waals surface area contributed by atoms with Crippen LogP contribution in [0.25, 0.3) is 17.1 Å². The van der Waals surface area contributed by atoms with Crippen LogP contribution >= 0.6 is 0 Å². The first-order valence-electron chi connectivity index (χ1n) is 9.88. The summed E-state index contributed by atoms with van der Waals surface area (Å²) in [6.07, 6.45) is 3.33. The number of hydrogen-bond donors (Lipinski definition) is 1. The monoisotopic (exact) mass is 419 g/mol. The van der Waals surface area contributed by atoms with Gasteiger partial charge < -0.3 is 4.74 Å². The number of ether oxygens (including phenoxy) is 1. The molecule has 3 aromatic rings. The number of carbonyl (C=O) groups excluding carboxylic acids is 3. The Morgan fingerprint density at radius 2 is 1.90 bits per heavy atom. The van der Waals surface area contributed by atoms with Crippen molar-refractivity contribution in [3.8, 4) is 0 Å². The molecule has 1 aliphatic heterocycles. The highest BCUT2D eigenvalue weighted by Gasteiger charge is 2.31. The van der Waals surface area contributed by atoms with Gasteiger partial charge in [0, 0.05) is 25.1 Å². The average Bonchev–Trinajstić information content (AvgIpc) is 3.02. The predicted octanol–water partition coefficient (Wildman–Crippen LogP) is 2.07. The van der Waals surface area contributed by atoms with Gasteiger partial charge in [-0.1, -0.05) is 42.5 Å². The number of benzene rings is 2. The number of esters is 1. The molecular formula is C23H21N3O5. The second kappa shape index (κ2) is 8.43. The van der Waals surface area contributed by atoms with Gasteiger partial charge in [-0.25, -0.2) is 9.59 Å². The van der Waals surface area contributed by atoms with Crippen molar-refractivity contribution < 1.29 is 19.1 Å². The van der Waals surface area contributed by atoms with Crippen LogP contribution in [0.3, 0.4) is 0 Å². The van der Waals surface area contributed by atoms with E-state index in [1.165, 1.54) is 15.2 Å². The standard InChI is InChI=1S/C23H21N3O5/c1-25-21-16(10-13-20(28)31-14-15-6-3-2-4-7-15)8-5-9-17(21)26(23(25)30)18-11-12-19(27)24-22(18)29/h2-10,13,18H,11-12,14H2,1H3,(H,24,27,29)/b13-10+. The van der Waals surface area contributed by atoms with Crippen molar-refractivity contribution in [2.75, 3.05) is 0 Å². The molecule has 0 bridgehead atoms. The Morgan fingerprint density at radius 1 is 1.13 bits per heavy atom. The fraction of sp³-hybridized carbons (Fsp3) is 0.217. The maximum absolute atomic E-state index is 12.9. The molecule has 8 heteroatoms. The lowest BCUT2D eigenvalue weighted by Crippen LogP contribution is -2.44. The van der Waals surface area contributed by atoms with Gasteiger partial charge in [-0.2, -0.15) is 0 Å². The lowest BCUT2D eigenvalue weighted by atomic mass is 10.1. The van der Waals surface area contributed by atoms with Crippen molar-refractivity contribution in [1.82, 2.24) is 14.5 Å². The molecule has 1 saturated heterocycles. The molecule has 4 rings (SSSR count). The summed E-state index contributed by atoms with van der Waals surface area (Å²) in [5.74, 6) is -1.33. The molecule has 1 N–H and O–H groups in total. The van der Waals surface area contributed by atoms with Crippen LogP contribution in [0.4, 0.5) is 0 Å². The SMILES string of the molecule is Cn1c(=O)n(C2CCC(=O)NC2=O)c2cccc(/C=C/C(=O)OCc3ccccc3)c21. The first-order chi connectivity index (χ1) is 15.0. The zero-order valence-electron chi connectivity index (χ0n) is 16.9. The molecule has 1 fully saturated rings. The summed E-state index contributed by atoms with van der Waals surface area (Å²) in [5.41, 5.74) is 2.30. The largest absolute Gasteiger partial charge is 0.458 e. The summed E-state index contributed by atoms with van der Waals surface area (Å²) in [6, 6.07) is 13.9. The molecule has 2 amide bonds. The fourth-order valence-corrected chi connectivity index (χ4v) is 3.77. The third-order valence-corrected chi connectivity index (χ3v) is 5.28. The Hall–Kier alpha value is -3.94. The molecule has 0 radical (unpaired) electrons. The second-order valence-corrected chi connectivity index (χ2v) is 7.32. The Labute approximate surface area is 177 Å². The highest BCUT2D eigenvalue weighted by atomic mass is 16.5. The van der Waals surface area contributed by atoms with Crippen LogP contribution in [0.15, 0.2) is 59.4 Å². The molecule has 1 aromatic heterocycles. The van der Waals surface area contributed by atoms with E-state index in [1.54, 1.807) is 31.3 Å². The number of nitrogens with zero attached hydrogens (tertiary/aromatic N) is 2. The summed E-state index contributed by atoms with van der Waals surface area (Å²) in [6.45, 7) is 0.165. The smallest absolute Gasteiger partial charge is 0.331 e. The van der Waals surface area contributed by atoms with E-state index >= 15 is 0 Å². The van der Waals surface area contributed by atoms with Crippen molar-refractivity contribution in [3.05, 3.63) is 76.2 Å². The Morgan fingerprint density at radius 3 is 2.65 bits per heavy atom. The molecule has 2 aromatic carbocycles. The summed E-state index contributed by atoms with van der Waals surface area (Å²) < 4.78 is 8.10. The molecule has 1 aliphatic rings. The quantitative estimate of drug-likeness (QED) is 0.388.